The van der Waals surface area contributed by atoms with Gasteiger partial charge in [0.15, 0.2) is 0 Å². The van der Waals surface area contributed by atoms with Crippen LogP contribution in [0.1, 0.15) is 11.1 Å². The van der Waals surface area contributed by atoms with Crippen molar-refractivity contribution in [2.75, 3.05) is 0 Å². The molecule has 4 rings (SSSR count). The highest BCUT2D eigenvalue weighted by Crippen LogP contribution is 2.69. The minimum atomic E-state index is -1.80. The van der Waals surface area contributed by atoms with Crippen molar-refractivity contribution >= 4 is 16.1 Å². The maximum Gasteiger partial charge on any atom is 0.0732 e. The normalized spacial score (nSPS) is 21.7. The highest BCUT2D eigenvalue weighted by Gasteiger charge is 2.64. The summed E-state index contributed by atoms with van der Waals surface area (Å²) in [7, 11) is -3.41. The van der Waals surface area contributed by atoms with E-state index in [9.17, 15) is 0 Å². The fraction of sp³-hybridized carbons (Fsp3) is 0.310. The minimum absolute atomic E-state index is 0.00311. The third kappa shape index (κ3) is 3.23. The van der Waals surface area contributed by atoms with Gasteiger partial charge in [-0.2, -0.15) is 0 Å². The van der Waals surface area contributed by atoms with Gasteiger partial charge in [-0.3, -0.25) is 0 Å². The van der Waals surface area contributed by atoms with Crippen LogP contribution in [0.5, 0.6) is 0 Å². The SMILES string of the molecule is C[Si](C)(C)C1=CC=CC1(C(c1ccccc1)(c1ccccc1)C1C=CC=C1)[Si](C)(C)C. The van der Waals surface area contributed by atoms with Crippen molar-refractivity contribution in [3.05, 3.63) is 120 Å². The number of allylic oxidation sites excluding steroid dienone is 8. The van der Waals surface area contributed by atoms with Crippen LogP contribution in [0.15, 0.2) is 108 Å². The van der Waals surface area contributed by atoms with Crippen LogP contribution in [0.25, 0.3) is 0 Å². The van der Waals surface area contributed by atoms with E-state index < -0.39 is 16.1 Å². The van der Waals surface area contributed by atoms with Crippen LogP contribution in [-0.4, -0.2) is 16.1 Å². The number of hydrogen-bond donors (Lipinski definition) is 0. The van der Waals surface area contributed by atoms with Crippen LogP contribution in [0.2, 0.25) is 44.3 Å². The van der Waals surface area contributed by atoms with E-state index >= 15 is 0 Å². The molecule has 0 saturated heterocycles. The summed E-state index contributed by atoms with van der Waals surface area (Å²) in [6.45, 7) is 15.3. The van der Waals surface area contributed by atoms with E-state index in [4.69, 9.17) is 0 Å². The zero-order chi connectivity index (χ0) is 22.3. The van der Waals surface area contributed by atoms with E-state index in [2.05, 4.69) is 142 Å². The number of benzene rings is 2. The average Bonchev–Trinajstić information content (AvgIpc) is 3.41. The Labute approximate surface area is 191 Å². The topological polar surface area (TPSA) is 0 Å². The van der Waals surface area contributed by atoms with Crippen LogP contribution >= 0.6 is 0 Å². The Morgan fingerprint density at radius 3 is 1.58 bits per heavy atom. The summed E-state index contributed by atoms with van der Waals surface area (Å²) < 4.78 is 0. The summed E-state index contributed by atoms with van der Waals surface area (Å²) in [5, 5.41) is 1.71. The predicted octanol–water partition coefficient (Wildman–Crippen LogP) is 8.17. The lowest BCUT2D eigenvalue weighted by molar-refractivity contribution is 0.378. The molecule has 0 amide bonds. The van der Waals surface area contributed by atoms with Crippen LogP contribution in [0, 0.1) is 5.92 Å². The zero-order valence-electron chi connectivity index (χ0n) is 19.9. The van der Waals surface area contributed by atoms with Crippen molar-refractivity contribution in [1.29, 1.82) is 0 Å². The standard InChI is InChI=1S/C29H36Si2/c1-30(2,3)27-22-15-23-28(27,31(4,5)6)29(26-20-13-14-21-26,24-16-9-7-10-17-24)25-18-11-8-12-19-25/h7-23,26H,1-6H3. The van der Waals surface area contributed by atoms with Crippen molar-refractivity contribution in [3.63, 3.8) is 0 Å². The Kier molecular flexibility index (Phi) is 5.51. The monoisotopic (exact) mass is 440 g/mol. The molecule has 1 unspecified atom stereocenters. The van der Waals surface area contributed by atoms with Gasteiger partial charge in [0.25, 0.3) is 0 Å². The molecule has 31 heavy (non-hydrogen) atoms. The molecule has 2 heteroatoms. The molecule has 2 aromatic carbocycles. The molecule has 0 spiro atoms. The van der Waals surface area contributed by atoms with Crippen molar-refractivity contribution in [2.45, 2.75) is 49.7 Å². The highest BCUT2D eigenvalue weighted by atomic mass is 28.3. The molecule has 0 N–H and O–H groups in total. The van der Waals surface area contributed by atoms with E-state index in [1.807, 2.05) is 0 Å². The maximum absolute atomic E-state index is 2.62. The first kappa shape index (κ1) is 22.0. The van der Waals surface area contributed by atoms with Gasteiger partial charge in [0.05, 0.1) is 16.1 Å². The van der Waals surface area contributed by atoms with Crippen LogP contribution in [0.3, 0.4) is 0 Å². The maximum atomic E-state index is 2.62. The lowest BCUT2D eigenvalue weighted by Crippen LogP contribution is -2.59. The van der Waals surface area contributed by atoms with E-state index in [0.717, 1.165) is 0 Å². The summed E-state index contributed by atoms with van der Waals surface area (Å²) in [6.07, 6.45) is 16.9. The summed E-state index contributed by atoms with van der Waals surface area (Å²) >= 11 is 0. The van der Waals surface area contributed by atoms with Gasteiger partial charge in [0.1, 0.15) is 0 Å². The van der Waals surface area contributed by atoms with Gasteiger partial charge in [-0.25, -0.2) is 0 Å². The molecule has 0 saturated carbocycles. The second-order valence-electron chi connectivity index (χ2n) is 11.1. The van der Waals surface area contributed by atoms with Crippen molar-refractivity contribution in [3.8, 4) is 0 Å². The highest BCUT2D eigenvalue weighted by molar-refractivity contribution is 6.90. The molecular formula is C29H36Si2. The van der Waals surface area contributed by atoms with E-state index in [1.54, 1.807) is 5.20 Å². The van der Waals surface area contributed by atoms with Gasteiger partial charge in [-0.05, 0) is 11.1 Å². The Morgan fingerprint density at radius 2 is 1.16 bits per heavy atom. The molecule has 0 aromatic heterocycles. The van der Waals surface area contributed by atoms with E-state index in [-0.39, 0.29) is 10.5 Å². The van der Waals surface area contributed by atoms with Gasteiger partial charge in [-0.1, -0.05) is 148 Å². The molecule has 0 fully saturated rings. The smallest absolute Gasteiger partial charge is 0.0732 e. The first-order valence-electron chi connectivity index (χ1n) is 11.5. The molecule has 0 nitrogen and oxygen atoms in total. The Bertz CT molecular complexity index is 992. The first-order valence-corrected chi connectivity index (χ1v) is 18.5. The van der Waals surface area contributed by atoms with E-state index in [0.29, 0.717) is 5.92 Å². The van der Waals surface area contributed by atoms with Gasteiger partial charge in [0, 0.05) is 16.4 Å². The summed E-state index contributed by atoms with van der Waals surface area (Å²) in [6, 6.07) is 22.7. The zero-order valence-corrected chi connectivity index (χ0v) is 21.9. The van der Waals surface area contributed by atoms with Crippen LogP contribution in [-0.2, 0) is 5.41 Å². The van der Waals surface area contributed by atoms with Gasteiger partial charge in [-0.15, -0.1) is 0 Å². The largest absolute Gasteiger partial charge is 0.0764 e. The van der Waals surface area contributed by atoms with Crippen LogP contribution < -0.4 is 0 Å². The van der Waals surface area contributed by atoms with Crippen molar-refractivity contribution in [2.24, 2.45) is 5.92 Å². The molecule has 2 aliphatic carbocycles. The molecular weight excluding hydrogens is 404 g/mol. The summed E-state index contributed by atoms with van der Waals surface area (Å²) in [4.78, 5) is 0. The minimum Gasteiger partial charge on any atom is -0.0764 e. The van der Waals surface area contributed by atoms with Crippen molar-refractivity contribution < 1.29 is 0 Å². The fourth-order valence-electron chi connectivity index (χ4n) is 6.33. The number of rotatable bonds is 6. The van der Waals surface area contributed by atoms with Gasteiger partial charge < -0.3 is 0 Å². The summed E-state index contributed by atoms with van der Waals surface area (Å²) in [5.41, 5.74) is 2.68. The van der Waals surface area contributed by atoms with E-state index in [1.165, 1.54) is 11.1 Å². The molecule has 0 heterocycles. The molecule has 160 valence electrons. The molecule has 1 atom stereocenters. The summed E-state index contributed by atoms with van der Waals surface area (Å²) in [5.74, 6) is 0.312. The third-order valence-electron chi connectivity index (χ3n) is 7.35. The Hall–Kier alpha value is -2.17. The Morgan fingerprint density at radius 1 is 0.677 bits per heavy atom. The molecule has 2 aliphatic rings. The second-order valence-corrected chi connectivity index (χ2v) is 21.4. The number of hydrogen-bond acceptors (Lipinski definition) is 0. The molecule has 2 aromatic rings. The molecule has 0 aliphatic heterocycles. The lowest BCUT2D eigenvalue weighted by Gasteiger charge is -2.60. The lowest BCUT2D eigenvalue weighted by atomic mass is 9.58. The first-order chi connectivity index (χ1) is 14.7. The van der Waals surface area contributed by atoms with Crippen molar-refractivity contribution in [1.82, 2.24) is 0 Å². The predicted molar refractivity (Wildman–Crippen MR) is 142 cm³/mol. The molecule has 0 bridgehead atoms. The third-order valence-corrected chi connectivity index (χ3v) is 13.0. The quantitative estimate of drug-likeness (QED) is 0.397. The van der Waals surface area contributed by atoms with Crippen LogP contribution in [0.4, 0.5) is 0 Å². The fourth-order valence-corrected chi connectivity index (χ4v) is 13.8. The average molecular weight is 441 g/mol. The van der Waals surface area contributed by atoms with Gasteiger partial charge in [0.2, 0.25) is 0 Å². The Balaban J connectivity index is 2.22. The van der Waals surface area contributed by atoms with Gasteiger partial charge >= 0.3 is 0 Å². The molecule has 0 radical (unpaired) electrons. The second kappa shape index (κ2) is 7.76.